The van der Waals surface area contributed by atoms with Crippen molar-refractivity contribution < 1.29 is 9.18 Å². The molecule has 1 aromatic heterocycles. The van der Waals surface area contributed by atoms with Crippen LogP contribution in [0.5, 0.6) is 0 Å². The summed E-state index contributed by atoms with van der Waals surface area (Å²) >= 11 is 0. The molecule has 124 valence electrons. The van der Waals surface area contributed by atoms with Crippen molar-refractivity contribution in [1.29, 1.82) is 0 Å². The number of likely N-dealkylation sites (tertiary alicyclic amines) is 1. The van der Waals surface area contributed by atoms with Gasteiger partial charge in [0.25, 0.3) is 0 Å². The van der Waals surface area contributed by atoms with E-state index in [4.69, 9.17) is 0 Å². The average molecular weight is 326 g/mol. The fourth-order valence-corrected chi connectivity index (χ4v) is 3.71. The zero-order valence-electron chi connectivity index (χ0n) is 13.5. The minimum atomic E-state index is -0.468. The lowest BCUT2D eigenvalue weighted by Crippen LogP contribution is -2.57. The monoisotopic (exact) mass is 326 g/mol. The van der Waals surface area contributed by atoms with Crippen LogP contribution in [-0.2, 0) is 0 Å². The van der Waals surface area contributed by atoms with Gasteiger partial charge in [0.05, 0.1) is 12.4 Å². The standard InChI is InChI=1S/C18H19FN4O/c1-11-5-6-14(7-15(11)17-20-8-13(19)9-21-17)22-18(24)23-10-12-3-2-4-16(12)23/h5-9,12,16H,2-4,10H2,1H3,(H,22,24)/t12-,16?/m0/s1. The largest absolute Gasteiger partial charge is 0.322 e. The summed E-state index contributed by atoms with van der Waals surface area (Å²) in [5.74, 6) is 0.673. The molecule has 1 N–H and O–H groups in total. The number of amides is 2. The van der Waals surface area contributed by atoms with Gasteiger partial charge in [0.1, 0.15) is 0 Å². The summed E-state index contributed by atoms with van der Waals surface area (Å²) in [4.78, 5) is 22.4. The van der Waals surface area contributed by atoms with Crippen LogP contribution in [-0.4, -0.2) is 33.5 Å². The minimum Gasteiger partial charge on any atom is -0.321 e. The average Bonchev–Trinajstić information content (AvgIpc) is 2.91. The first-order valence-corrected chi connectivity index (χ1v) is 8.28. The summed E-state index contributed by atoms with van der Waals surface area (Å²) in [5.41, 5.74) is 2.46. The molecular formula is C18H19FN4O. The van der Waals surface area contributed by atoms with E-state index in [0.717, 1.165) is 36.5 Å². The van der Waals surface area contributed by atoms with Crippen LogP contribution in [0.2, 0.25) is 0 Å². The van der Waals surface area contributed by atoms with E-state index >= 15 is 0 Å². The van der Waals surface area contributed by atoms with Gasteiger partial charge in [0, 0.05) is 23.8 Å². The lowest BCUT2D eigenvalue weighted by atomic mass is 9.92. The van der Waals surface area contributed by atoms with E-state index in [9.17, 15) is 9.18 Å². The van der Waals surface area contributed by atoms with Crippen LogP contribution in [0, 0.1) is 18.7 Å². The number of benzene rings is 1. The second kappa shape index (κ2) is 5.85. The zero-order chi connectivity index (χ0) is 16.7. The summed E-state index contributed by atoms with van der Waals surface area (Å²) in [6.07, 6.45) is 5.86. The summed E-state index contributed by atoms with van der Waals surface area (Å²) in [5, 5.41) is 2.96. The normalized spacial score (nSPS) is 22.0. The molecule has 1 saturated heterocycles. The molecule has 1 aliphatic heterocycles. The molecule has 0 bridgehead atoms. The third kappa shape index (κ3) is 2.62. The number of nitrogens with one attached hydrogen (secondary N) is 1. The Hall–Kier alpha value is -2.50. The van der Waals surface area contributed by atoms with E-state index < -0.39 is 5.82 Å². The lowest BCUT2D eigenvalue weighted by Gasteiger charge is -2.44. The van der Waals surface area contributed by atoms with Crippen molar-refractivity contribution in [3.8, 4) is 11.4 Å². The van der Waals surface area contributed by atoms with Crippen molar-refractivity contribution in [2.45, 2.75) is 32.2 Å². The Morgan fingerprint density at radius 3 is 2.83 bits per heavy atom. The summed E-state index contributed by atoms with van der Waals surface area (Å²) in [7, 11) is 0. The van der Waals surface area contributed by atoms with Crippen molar-refractivity contribution in [1.82, 2.24) is 14.9 Å². The predicted molar refractivity (Wildman–Crippen MR) is 89.0 cm³/mol. The summed E-state index contributed by atoms with van der Waals surface area (Å²) < 4.78 is 13.0. The van der Waals surface area contributed by atoms with Gasteiger partial charge < -0.3 is 10.2 Å². The summed E-state index contributed by atoms with van der Waals surface area (Å²) in [6.45, 7) is 2.79. The molecule has 6 heteroatoms. The number of urea groups is 1. The maximum absolute atomic E-state index is 13.0. The fraction of sp³-hybridized carbons (Fsp3) is 0.389. The topological polar surface area (TPSA) is 58.1 Å². The second-order valence-corrected chi connectivity index (χ2v) is 6.60. The second-order valence-electron chi connectivity index (χ2n) is 6.60. The van der Waals surface area contributed by atoms with Crippen molar-refractivity contribution >= 4 is 11.7 Å². The van der Waals surface area contributed by atoms with E-state index in [1.54, 1.807) is 0 Å². The number of carbonyl (C=O) groups is 1. The molecule has 0 radical (unpaired) electrons. The highest BCUT2D eigenvalue weighted by Gasteiger charge is 2.44. The van der Waals surface area contributed by atoms with Crippen LogP contribution < -0.4 is 5.32 Å². The van der Waals surface area contributed by atoms with Gasteiger partial charge >= 0.3 is 6.03 Å². The Bertz CT molecular complexity index is 777. The molecule has 2 amide bonds. The van der Waals surface area contributed by atoms with Crippen LogP contribution >= 0.6 is 0 Å². The fourth-order valence-electron chi connectivity index (χ4n) is 3.71. The summed E-state index contributed by atoms with van der Waals surface area (Å²) in [6, 6.07) is 5.98. The molecule has 0 spiro atoms. The molecule has 1 aromatic carbocycles. The van der Waals surface area contributed by atoms with Gasteiger partial charge in [-0.05, 0) is 43.4 Å². The highest BCUT2D eigenvalue weighted by atomic mass is 19.1. The first-order valence-electron chi connectivity index (χ1n) is 8.28. The first-order chi connectivity index (χ1) is 11.6. The Labute approximate surface area is 139 Å². The van der Waals surface area contributed by atoms with E-state index in [1.807, 2.05) is 30.0 Å². The molecule has 2 fully saturated rings. The number of halogens is 1. The number of carbonyl (C=O) groups excluding carboxylic acids is 1. The number of aromatic nitrogens is 2. The molecule has 1 aliphatic carbocycles. The van der Waals surface area contributed by atoms with Crippen LogP contribution in [0.25, 0.3) is 11.4 Å². The van der Waals surface area contributed by atoms with Crippen LogP contribution in [0.3, 0.4) is 0 Å². The molecule has 1 unspecified atom stereocenters. The Balaban J connectivity index is 1.53. The highest BCUT2D eigenvalue weighted by Crippen LogP contribution is 2.39. The van der Waals surface area contributed by atoms with E-state index in [-0.39, 0.29) is 6.03 Å². The van der Waals surface area contributed by atoms with Crippen molar-refractivity contribution in [2.24, 2.45) is 5.92 Å². The molecule has 5 nitrogen and oxygen atoms in total. The number of nitrogens with zero attached hydrogens (tertiary/aromatic N) is 3. The molecule has 2 aromatic rings. The Morgan fingerprint density at radius 1 is 1.29 bits per heavy atom. The van der Waals surface area contributed by atoms with Gasteiger partial charge in [-0.1, -0.05) is 12.5 Å². The molecule has 2 atom stereocenters. The molecule has 24 heavy (non-hydrogen) atoms. The van der Waals surface area contributed by atoms with Gasteiger partial charge in [-0.2, -0.15) is 0 Å². The first kappa shape index (κ1) is 15.1. The van der Waals surface area contributed by atoms with Gasteiger partial charge in [0.2, 0.25) is 0 Å². The zero-order valence-corrected chi connectivity index (χ0v) is 13.5. The van der Waals surface area contributed by atoms with Crippen LogP contribution in [0.15, 0.2) is 30.6 Å². The Kier molecular flexibility index (Phi) is 3.67. The Morgan fingerprint density at radius 2 is 2.08 bits per heavy atom. The van der Waals surface area contributed by atoms with Crippen LogP contribution in [0.1, 0.15) is 24.8 Å². The minimum absolute atomic E-state index is 0.0482. The van der Waals surface area contributed by atoms with E-state index in [1.165, 1.54) is 12.8 Å². The van der Waals surface area contributed by atoms with Crippen LogP contribution in [0.4, 0.5) is 14.9 Å². The van der Waals surface area contributed by atoms with Gasteiger partial charge in [-0.25, -0.2) is 19.2 Å². The smallest absolute Gasteiger partial charge is 0.321 e. The maximum Gasteiger partial charge on any atom is 0.322 e. The molecular weight excluding hydrogens is 307 g/mol. The number of fused-ring (bicyclic) bond motifs is 1. The quantitative estimate of drug-likeness (QED) is 0.917. The van der Waals surface area contributed by atoms with Crippen molar-refractivity contribution in [3.63, 3.8) is 0 Å². The molecule has 4 rings (SSSR count). The number of anilines is 1. The third-order valence-corrected chi connectivity index (χ3v) is 5.06. The van der Waals surface area contributed by atoms with E-state index in [0.29, 0.717) is 23.5 Å². The lowest BCUT2D eigenvalue weighted by molar-refractivity contribution is 0.0797. The number of hydrogen-bond donors (Lipinski definition) is 1. The molecule has 2 heterocycles. The highest BCUT2D eigenvalue weighted by molar-refractivity contribution is 5.91. The predicted octanol–water partition coefficient (Wildman–Crippen LogP) is 3.61. The maximum atomic E-state index is 13.0. The van der Waals surface area contributed by atoms with Gasteiger partial charge in [0.15, 0.2) is 11.6 Å². The number of hydrogen-bond acceptors (Lipinski definition) is 3. The van der Waals surface area contributed by atoms with E-state index in [2.05, 4.69) is 15.3 Å². The molecule has 1 saturated carbocycles. The molecule has 2 aliphatic rings. The number of aryl methyl sites for hydroxylation is 1. The van der Waals surface area contributed by atoms with Gasteiger partial charge in [-0.15, -0.1) is 0 Å². The SMILES string of the molecule is Cc1ccc(NC(=O)N2C[C@@H]3CCCC32)cc1-c1ncc(F)cn1. The third-order valence-electron chi connectivity index (χ3n) is 5.06. The van der Waals surface area contributed by atoms with Crippen molar-refractivity contribution in [2.75, 3.05) is 11.9 Å². The number of rotatable bonds is 2. The van der Waals surface area contributed by atoms with Crippen molar-refractivity contribution in [3.05, 3.63) is 42.0 Å². The van der Waals surface area contributed by atoms with Gasteiger partial charge in [-0.3, -0.25) is 0 Å².